The lowest BCUT2D eigenvalue weighted by Crippen LogP contribution is -2.26. The summed E-state index contributed by atoms with van der Waals surface area (Å²) in [5.74, 6) is -3.76. The van der Waals surface area contributed by atoms with Gasteiger partial charge in [-0.15, -0.1) is 0 Å². The minimum Gasteiger partial charge on any atom is -0.481 e. The Morgan fingerprint density at radius 1 is 0.949 bits per heavy atom. The number of rotatable bonds is 10. The Balaban J connectivity index is 0.000000306. The molecule has 39 heavy (non-hydrogen) atoms. The number of carboxylic acid groups (broad SMARTS) is 1. The van der Waals surface area contributed by atoms with E-state index in [4.69, 9.17) is 5.11 Å². The van der Waals surface area contributed by atoms with E-state index in [1.54, 1.807) is 12.1 Å². The molecule has 0 saturated heterocycles. The van der Waals surface area contributed by atoms with Crippen molar-refractivity contribution >= 4 is 18.3 Å². The average molecular weight is 543 g/mol. The first-order valence-corrected chi connectivity index (χ1v) is 12.5. The maximum atomic E-state index is 14.2. The van der Waals surface area contributed by atoms with Crippen LogP contribution >= 0.6 is 0 Å². The predicted molar refractivity (Wildman–Crippen MR) is 144 cm³/mol. The highest BCUT2D eigenvalue weighted by atomic mass is 19.2. The lowest BCUT2D eigenvalue weighted by atomic mass is 9.92. The standard InChI is InChI=1S/C18H17F2NO3.C12H16FNO/c1-10-4-3-5-11(2)17(10)12-6-13(18(20)14(19)7-12)15(21-9-22)8-16(23)24;1-9(2)7-8-14-12(15)10-5-3-4-6-11(10)13/h3-7,9,15H,8H2,1-2H3,(H,21,22)(H,23,24);3-6,9H,7-8H2,1-2H3,(H,14,15)/t15-;/m0./s1. The maximum absolute atomic E-state index is 14.2. The second-order valence-corrected chi connectivity index (χ2v) is 9.48. The normalized spacial score (nSPS) is 11.3. The van der Waals surface area contributed by atoms with Crippen LogP contribution in [0, 0.1) is 37.2 Å². The van der Waals surface area contributed by atoms with E-state index in [1.165, 1.54) is 18.2 Å². The molecule has 2 amide bonds. The van der Waals surface area contributed by atoms with Gasteiger partial charge in [0.2, 0.25) is 6.41 Å². The minimum atomic E-state index is -1.23. The molecule has 0 radical (unpaired) electrons. The van der Waals surface area contributed by atoms with E-state index in [2.05, 4.69) is 24.5 Å². The van der Waals surface area contributed by atoms with E-state index in [1.807, 2.05) is 32.0 Å². The Morgan fingerprint density at radius 3 is 2.15 bits per heavy atom. The summed E-state index contributed by atoms with van der Waals surface area (Å²) in [5, 5.41) is 13.9. The van der Waals surface area contributed by atoms with Crippen molar-refractivity contribution in [2.45, 2.75) is 46.6 Å². The minimum absolute atomic E-state index is 0.112. The van der Waals surface area contributed by atoms with Gasteiger partial charge in [-0.3, -0.25) is 14.4 Å². The topological polar surface area (TPSA) is 95.5 Å². The third-order valence-corrected chi connectivity index (χ3v) is 5.98. The number of hydrogen-bond acceptors (Lipinski definition) is 3. The van der Waals surface area contributed by atoms with Gasteiger partial charge in [-0.05, 0) is 72.7 Å². The van der Waals surface area contributed by atoms with Crippen LogP contribution in [0.15, 0.2) is 54.6 Å². The maximum Gasteiger partial charge on any atom is 0.305 e. The molecule has 3 aromatic carbocycles. The fraction of sp³-hybridized carbons (Fsp3) is 0.300. The third-order valence-electron chi connectivity index (χ3n) is 5.98. The van der Waals surface area contributed by atoms with Gasteiger partial charge in [0, 0.05) is 12.1 Å². The SMILES string of the molecule is CC(C)CCNC(=O)c1ccccc1F.Cc1cccc(C)c1-c1cc(F)c(F)c([C@H](CC(=O)O)NC=O)c1. The molecular formula is C30H33F3N2O4. The number of hydrogen-bond donors (Lipinski definition) is 3. The van der Waals surface area contributed by atoms with Gasteiger partial charge in [-0.1, -0.05) is 44.2 Å². The van der Waals surface area contributed by atoms with E-state index < -0.39 is 35.9 Å². The molecule has 0 unspecified atom stereocenters. The summed E-state index contributed by atoms with van der Waals surface area (Å²) >= 11 is 0. The van der Waals surface area contributed by atoms with Gasteiger partial charge in [-0.2, -0.15) is 0 Å². The molecule has 0 aliphatic rings. The number of aryl methyl sites for hydroxylation is 2. The fourth-order valence-corrected chi connectivity index (χ4v) is 4.01. The van der Waals surface area contributed by atoms with Crippen molar-refractivity contribution in [1.29, 1.82) is 0 Å². The van der Waals surface area contributed by atoms with Crippen LogP contribution in [0.25, 0.3) is 11.1 Å². The average Bonchev–Trinajstić information content (AvgIpc) is 2.86. The van der Waals surface area contributed by atoms with Crippen LogP contribution in [0.1, 0.15) is 59.8 Å². The van der Waals surface area contributed by atoms with Gasteiger partial charge in [0.1, 0.15) is 5.82 Å². The van der Waals surface area contributed by atoms with E-state index in [0.29, 0.717) is 18.0 Å². The first-order chi connectivity index (χ1) is 18.5. The van der Waals surface area contributed by atoms with Crippen LogP contribution in [0.3, 0.4) is 0 Å². The van der Waals surface area contributed by atoms with Crippen LogP contribution in [0.2, 0.25) is 0 Å². The van der Waals surface area contributed by atoms with Crippen molar-refractivity contribution in [3.8, 4) is 11.1 Å². The number of amides is 2. The molecule has 0 heterocycles. The van der Waals surface area contributed by atoms with E-state index in [9.17, 15) is 27.6 Å². The smallest absolute Gasteiger partial charge is 0.305 e. The first-order valence-electron chi connectivity index (χ1n) is 12.5. The predicted octanol–water partition coefficient (Wildman–Crippen LogP) is 6.11. The molecule has 3 rings (SSSR count). The molecular weight excluding hydrogens is 509 g/mol. The van der Waals surface area contributed by atoms with E-state index >= 15 is 0 Å². The summed E-state index contributed by atoms with van der Waals surface area (Å²) in [4.78, 5) is 33.2. The quantitative estimate of drug-likeness (QED) is 0.269. The van der Waals surface area contributed by atoms with Crippen LogP contribution in [0.4, 0.5) is 13.2 Å². The molecule has 208 valence electrons. The molecule has 1 atom stereocenters. The zero-order valence-electron chi connectivity index (χ0n) is 22.4. The molecule has 0 saturated carbocycles. The lowest BCUT2D eigenvalue weighted by Gasteiger charge is -2.18. The van der Waals surface area contributed by atoms with Crippen molar-refractivity contribution < 1.29 is 32.7 Å². The third kappa shape index (κ3) is 8.98. The van der Waals surface area contributed by atoms with Gasteiger partial charge in [-0.25, -0.2) is 13.2 Å². The number of carbonyl (C=O) groups excluding carboxylic acids is 2. The van der Waals surface area contributed by atoms with Crippen LogP contribution < -0.4 is 10.6 Å². The Kier molecular flexibility index (Phi) is 11.7. The number of carboxylic acids is 1. The lowest BCUT2D eigenvalue weighted by molar-refractivity contribution is -0.137. The van der Waals surface area contributed by atoms with Crippen LogP contribution in [0.5, 0.6) is 0 Å². The van der Waals surface area contributed by atoms with Crippen molar-refractivity contribution in [2.75, 3.05) is 6.54 Å². The van der Waals surface area contributed by atoms with Crippen molar-refractivity contribution in [1.82, 2.24) is 10.6 Å². The van der Waals surface area contributed by atoms with E-state index in [0.717, 1.165) is 29.2 Å². The van der Waals surface area contributed by atoms with E-state index in [-0.39, 0.29) is 23.4 Å². The summed E-state index contributed by atoms with van der Waals surface area (Å²) in [6.45, 7) is 8.44. The number of aliphatic carboxylic acids is 1. The Bertz CT molecular complexity index is 1290. The highest BCUT2D eigenvalue weighted by Gasteiger charge is 2.23. The van der Waals surface area contributed by atoms with Crippen LogP contribution in [-0.4, -0.2) is 29.9 Å². The van der Waals surface area contributed by atoms with Crippen LogP contribution in [-0.2, 0) is 9.59 Å². The largest absolute Gasteiger partial charge is 0.481 e. The second kappa shape index (κ2) is 14.7. The second-order valence-electron chi connectivity index (χ2n) is 9.48. The van der Waals surface area contributed by atoms with Crippen molar-refractivity contribution in [3.05, 3.63) is 94.3 Å². The Labute approximate surface area is 226 Å². The molecule has 0 aromatic heterocycles. The molecule has 0 fully saturated rings. The molecule has 0 aliphatic carbocycles. The number of halogens is 3. The molecule has 3 aromatic rings. The number of nitrogens with one attached hydrogen (secondary N) is 2. The summed E-state index contributed by atoms with van der Waals surface area (Å²) in [5.41, 5.74) is 2.86. The Hall–Kier alpha value is -4.14. The zero-order chi connectivity index (χ0) is 29.1. The summed E-state index contributed by atoms with van der Waals surface area (Å²) in [6, 6.07) is 12.9. The molecule has 3 N–H and O–H groups in total. The number of carbonyl (C=O) groups is 3. The summed E-state index contributed by atoms with van der Waals surface area (Å²) in [6.07, 6.45) is 0.627. The summed E-state index contributed by atoms with van der Waals surface area (Å²) < 4.78 is 41.5. The zero-order valence-corrected chi connectivity index (χ0v) is 22.4. The van der Waals surface area contributed by atoms with Gasteiger partial charge in [0.25, 0.3) is 5.91 Å². The molecule has 0 bridgehead atoms. The van der Waals surface area contributed by atoms with Gasteiger partial charge < -0.3 is 15.7 Å². The highest BCUT2D eigenvalue weighted by Crippen LogP contribution is 2.32. The van der Waals surface area contributed by atoms with Gasteiger partial charge in [0.15, 0.2) is 11.6 Å². The highest BCUT2D eigenvalue weighted by molar-refractivity contribution is 5.94. The van der Waals surface area contributed by atoms with Gasteiger partial charge in [0.05, 0.1) is 18.0 Å². The monoisotopic (exact) mass is 542 g/mol. The molecule has 0 spiro atoms. The van der Waals surface area contributed by atoms with Crippen molar-refractivity contribution in [2.24, 2.45) is 5.92 Å². The van der Waals surface area contributed by atoms with Crippen molar-refractivity contribution in [3.63, 3.8) is 0 Å². The molecule has 6 nitrogen and oxygen atoms in total. The Morgan fingerprint density at radius 2 is 1.59 bits per heavy atom. The molecule has 0 aliphatic heterocycles. The van der Waals surface area contributed by atoms with Gasteiger partial charge >= 0.3 is 5.97 Å². The first kappa shape index (κ1) is 31.1. The number of benzene rings is 3. The molecule has 9 heteroatoms. The summed E-state index contributed by atoms with van der Waals surface area (Å²) in [7, 11) is 0. The fourth-order valence-electron chi connectivity index (χ4n) is 4.01.